The molecule has 1 aromatic rings. The van der Waals surface area contributed by atoms with Crippen molar-refractivity contribution in [3.05, 3.63) is 35.9 Å². The zero-order valence-electron chi connectivity index (χ0n) is 9.52. The molecule has 16 heavy (non-hydrogen) atoms. The number of hydrogen-bond donors (Lipinski definition) is 1. The Labute approximate surface area is 102 Å². The quantitative estimate of drug-likeness (QED) is 0.854. The molecule has 2 N–H and O–H groups in total. The van der Waals surface area contributed by atoms with E-state index >= 15 is 0 Å². The molecule has 0 radical (unpaired) electrons. The molecule has 0 aliphatic carbocycles. The molecular formula is C13H19NOS. The van der Waals surface area contributed by atoms with Crippen molar-refractivity contribution < 1.29 is 4.74 Å². The molecule has 1 aromatic carbocycles. The summed E-state index contributed by atoms with van der Waals surface area (Å²) in [5, 5.41) is 0. The lowest BCUT2D eigenvalue weighted by Crippen LogP contribution is -2.36. The summed E-state index contributed by atoms with van der Waals surface area (Å²) in [5.74, 6) is 1.23. The Kier molecular flexibility index (Phi) is 4.27. The van der Waals surface area contributed by atoms with Gasteiger partial charge < -0.3 is 10.5 Å². The molecule has 1 aliphatic rings. The lowest BCUT2D eigenvalue weighted by atomic mass is 10.0. The van der Waals surface area contributed by atoms with E-state index < -0.39 is 0 Å². The summed E-state index contributed by atoms with van der Waals surface area (Å²) < 4.78 is 5.99. The van der Waals surface area contributed by atoms with Crippen molar-refractivity contribution in [3.63, 3.8) is 0 Å². The maximum Gasteiger partial charge on any atom is 0.0717 e. The molecule has 2 rings (SSSR count). The van der Waals surface area contributed by atoms with E-state index in [-0.39, 0.29) is 4.75 Å². The fraction of sp³-hybridized carbons (Fsp3) is 0.538. The Morgan fingerprint density at radius 3 is 2.75 bits per heavy atom. The third-order valence-corrected chi connectivity index (χ3v) is 4.63. The average Bonchev–Trinajstić information content (AvgIpc) is 2.80. The Hall–Kier alpha value is -0.510. The Morgan fingerprint density at radius 1 is 1.31 bits per heavy atom. The van der Waals surface area contributed by atoms with E-state index in [1.807, 2.05) is 30.0 Å². The van der Waals surface area contributed by atoms with Gasteiger partial charge in [-0.2, -0.15) is 11.8 Å². The van der Waals surface area contributed by atoms with Crippen LogP contribution in [0.5, 0.6) is 0 Å². The highest BCUT2D eigenvalue weighted by Gasteiger charge is 2.33. The minimum atomic E-state index is 0.189. The summed E-state index contributed by atoms with van der Waals surface area (Å²) in [4.78, 5) is 0. The molecule has 1 fully saturated rings. The fourth-order valence-electron chi connectivity index (χ4n) is 2.02. The standard InChI is InChI=1S/C13H19NOS/c14-10-13(7-4-8-16-13)11-15-9-12-5-2-1-3-6-12/h1-3,5-6H,4,7-11,14H2. The first-order chi connectivity index (χ1) is 7.85. The van der Waals surface area contributed by atoms with Crippen LogP contribution in [0, 0.1) is 0 Å². The summed E-state index contributed by atoms with van der Waals surface area (Å²) in [5.41, 5.74) is 7.08. The molecule has 0 aromatic heterocycles. The average molecular weight is 237 g/mol. The highest BCUT2D eigenvalue weighted by Crippen LogP contribution is 2.37. The van der Waals surface area contributed by atoms with Gasteiger partial charge in [-0.3, -0.25) is 0 Å². The van der Waals surface area contributed by atoms with Crippen LogP contribution in [0.4, 0.5) is 0 Å². The summed E-state index contributed by atoms with van der Waals surface area (Å²) in [6, 6.07) is 10.3. The van der Waals surface area contributed by atoms with Gasteiger partial charge in [-0.25, -0.2) is 0 Å². The van der Waals surface area contributed by atoms with E-state index in [4.69, 9.17) is 10.5 Å². The fourth-order valence-corrected chi connectivity index (χ4v) is 3.31. The molecular weight excluding hydrogens is 218 g/mol. The van der Waals surface area contributed by atoms with Crippen LogP contribution in [-0.2, 0) is 11.3 Å². The summed E-state index contributed by atoms with van der Waals surface area (Å²) >= 11 is 1.97. The maximum atomic E-state index is 5.85. The number of benzene rings is 1. The summed E-state index contributed by atoms with van der Waals surface area (Å²) in [7, 11) is 0. The van der Waals surface area contributed by atoms with Crippen LogP contribution in [0.15, 0.2) is 30.3 Å². The van der Waals surface area contributed by atoms with Crippen molar-refractivity contribution in [2.75, 3.05) is 18.9 Å². The van der Waals surface area contributed by atoms with Crippen LogP contribution in [0.1, 0.15) is 18.4 Å². The first-order valence-corrected chi connectivity index (χ1v) is 6.79. The van der Waals surface area contributed by atoms with Crippen LogP contribution in [0.3, 0.4) is 0 Å². The van der Waals surface area contributed by atoms with Gasteiger partial charge in [-0.05, 0) is 24.2 Å². The SMILES string of the molecule is NCC1(COCc2ccccc2)CCCS1. The van der Waals surface area contributed by atoms with Gasteiger partial charge in [0.2, 0.25) is 0 Å². The van der Waals surface area contributed by atoms with Gasteiger partial charge in [0.25, 0.3) is 0 Å². The zero-order valence-corrected chi connectivity index (χ0v) is 10.3. The Balaban J connectivity index is 1.79. The minimum Gasteiger partial charge on any atom is -0.375 e. The molecule has 1 saturated heterocycles. The second kappa shape index (κ2) is 5.71. The molecule has 1 unspecified atom stereocenters. The van der Waals surface area contributed by atoms with Crippen molar-refractivity contribution in [2.24, 2.45) is 5.73 Å². The van der Waals surface area contributed by atoms with Gasteiger partial charge in [0.15, 0.2) is 0 Å². The minimum absolute atomic E-state index is 0.189. The number of rotatable bonds is 5. The van der Waals surface area contributed by atoms with Crippen LogP contribution in [-0.4, -0.2) is 23.7 Å². The second-order valence-corrected chi connectivity index (χ2v) is 5.88. The van der Waals surface area contributed by atoms with Crippen molar-refractivity contribution in [1.82, 2.24) is 0 Å². The van der Waals surface area contributed by atoms with Gasteiger partial charge >= 0.3 is 0 Å². The third kappa shape index (κ3) is 3.00. The van der Waals surface area contributed by atoms with Crippen LogP contribution < -0.4 is 5.73 Å². The maximum absolute atomic E-state index is 5.85. The van der Waals surface area contributed by atoms with Crippen molar-refractivity contribution >= 4 is 11.8 Å². The Morgan fingerprint density at radius 2 is 2.12 bits per heavy atom. The topological polar surface area (TPSA) is 35.2 Å². The number of hydrogen-bond acceptors (Lipinski definition) is 3. The number of thioether (sulfide) groups is 1. The number of ether oxygens (including phenoxy) is 1. The predicted octanol–water partition coefficient (Wildman–Crippen LogP) is 2.43. The molecule has 3 heteroatoms. The molecule has 1 atom stereocenters. The van der Waals surface area contributed by atoms with Crippen molar-refractivity contribution in [3.8, 4) is 0 Å². The van der Waals surface area contributed by atoms with E-state index in [0.29, 0.717) is 6.61 Å². The van der Waals surface area contributed by atoms with E-state index in [1.165, 1.54) is 24.2 Å². The summed E-state index contributed by atoms with van der Waals surface area (Å²) in [6.45, 7) is 2.21. The van der Waals surface area contributed by atoms with E-state index in [0.717, 1.165) is 13.2 Å². The largest absolute Gasteiger partial charge is 0.375 e. The molecule has 0 amide bonds. The number of nitrogens with two attached hydrogens (primary N) is 1. The predicted molar refractivity (Wildman–Crippen MR) is 69.6 cm³/mol. The van der Waals surface area contributed by atoms with Crippen LogP contribution >= 0.6 is 11.8 Å². The van der Waals surface area contributed by atoms with Gasteiger partial charge in [-0.1, -0.05) is 30.3 Å². The first-order valence-electron chi connectivity index (χ1n) is 5.80. The lowest BCUT2D eigenvalue weighted by molar-refractivity contribution is 0.0994. The van der Waals surface area contributed by atoms with Gasteiger partial charge in [0.1, 0.15) is 0 Å². The lowest BCUT2D eigenvalue weighted by Gasteiger charge is -2.25. The molecule has 1 heterocycles. The molecule has 0 spiro atoms. The highest BCUT2D eigenvalue weighted by atomic mass is 32.2. The van der Waals surface area contributed by atoms with Crippen molar-refractivity contribution in [2.45, 2.75) is 24.2 Å². The Bertz CT molecular complexity index is 309. The molecule has 88 valence electrons. The van der Waals surface area contributed by atoms with E-state index in [2.05, 4.69) is 12.1 Å². The van der Waals surface area contributed by atoms with E-state index in [9.17, 15) is 0 Å². The first kappa shape index (κ1) is 12.0. The van der Waals surface area contributed by atoms with E-state index in [1.54, 1.807) is 0 Å². The summed E-state index contributed by atoms with van der Waals surface area (Å²) in [6.07, 6.45) is 2.47. The molecule has 2 nitrogen and oxygen atoms in total. The highest BCUT2D eigenvalue weighted by molar-refractivity contribution is 8.01. The van der Waals surface area contributed by atoms with Gasteiger partial charge in [-0.15, -0.1) is 0 Å². The smallest absolute Gasteiger partial charge is 0.0717 e. The van der Waals surface area contributed by atoms with Crippen LogP contribution in [0.25, 0.3) is 0 Å². The second-order valence-electron chi connectivity index (χ2n) is 4.32. The van der Waals surface area contributed by atoms with Gasteiger partial charge in [0.05, 0.1) is 18.0 Å². The molecule has 1 aliphatic heterocycles. The molecule has 0 bridgehead atoms. The normalized spacial score (nSPS) is 24.8. The van der Waals surface area contributed by atoms with Gasteiger partial charge in [0, 0.05) is 6.54 Å². The van der Waals surface area contributed by atoms with Crippen molar-refractivity contribution in [1.29, 1.82) is 0 Å². The van der Waals surface area contributed by atoms with Crippen LogP contribution in [0.2, 0.25) is 0 Å². The molecule has 0 saturated carbocycles. The monoisotopic (exact) mass is 237 g/mol. The third-order valence-electron chi connectivity index (χ3n) is 3.03. The zero-order chi connectivity index (χ0) is 11.3.